The SMILES string of the molecule is Cc1cc2cnc(Cl)c(F)c2[nH]c1=O. The van der Waals surface area contributed by atoms with Crippen molar-refractivity contribution in [2.24, 2.45) is 0 Å². The minimum atomic E-state index is -0.693. The van der Waals surface area contributed by atoms with Crippen LogP contribution in [-0.2, 0) is 0 Å². The van der Waals surface area contributed by atoms with Crippen molar-refractivity contribution in [3.05, 3.63) is 39.2 Å². The molecule has 0 aliphatic carbocycles. The van der Waals surface area contributed by atoms with Crippen LogP contribution in [0.3, 0.4) is 0 Å². The molecule has 0 radical (unpaired) electrons. The van der Waals surface area contributed by atoms with Crippen molar-refractivity contribution in [1.82, 2.24) is 9.97 Å². The Hall–Kier alpha value is -1.42. The van der Waals surface area contributed by atoms with Gasteiger partial charge in [-0.2, -0.15) is 0 Å². The highest BCUT2D eigenvalue weighted by Crippen LogP contribution is 2.19. The Morgan fingerprint density at radius 1 is 1.57 bits per heavy atom. The molecule has 14 heavy (non-hydrogen) atoms. The predicted molar refractivity (Wildman–Crippen MR) is 52.1 cm³/mol. The number of aryl methyl sites for hydroxylation is 1. The van der Waals surface area contributed by atoms with E-state index in [-0.39, 0.29) is 16.2 Å². The van der Waals surface area contributed by atoms with Gasteiger partial charge in [0.25, 0.3) is 5.56 Å². The summed E-state index contributed by atoms with van der Waals surface area (Å²) in [6.07, 6.45) is 1.42. The van der Waals surface area contributed by atoms with Gasteiger partial charge < -0.3 is 4.98 Å². The number of H-pyrrole nitrogens is 1. The van der Waals surface area contributed by atoms with Gasteiger partial charge >= 0.3 is 0 Å². The standard InChI is InChI=1S/C9H6ClFN2O/c1-4-2-5-3-12-8(10)6(11)7(5)13-9(4)14/h2-3H,1H3,(H,13,14). The van der Waals surface area contributed by atoms with Gasteiger partial charge in [-0.3, -0.25) is 4.79 Å². The van der Waals surface area contributed by atoms with Crippen molar-refractivity contribution >= 4 is 22.5 Å². The third-order valence-corrected chi connectivity index (χ3v) is 2.24. The van der Waals surface area contributed by atoms with E-state index in [1.54, 1.807) is 13.0 Å². The van der Waals surface area contributed by atoms with Gasteiger partial charge in [0.05, 0.1) is 5.52 Å². The second kappa shape index (κ2) is 3.06. The number of hydrogen-bond acceptors (Lipinski definition) is 2. The lowest BCUT2D eigenvalue weighted by atomic mass is 10.2. The van der Waals surface area contributed by atoms with Crippen LogP contribution in [0.1, 0.15) is 5.56 Å². The number of pyridine rings is 2. The highest BCUT2D eigenvalue weighted by molar-refractivity contribution is 6.30. The van der Waals surface area contributed by atoms with Crippen LogP contribution in [0.5, 0.6) is 0 Å². The largest absolute Gasteiger partial charge is 0.319 e. The number of halogens is 2. The van der Waals surface area contributed by atoms with E-state index in [0.717, 1.165) is 0 Å². The molecule has 2 aromatic rings. The summed E-state index contributed by atoms with van der Waals surface area (Å²) >= 11 is 5.47. The van der Waals surface area contributed by atoms with Crippen LogP contribution in [0, 0.1) is 12.7 Å². The number of hydrogen-bond donors (Lipinski definition) is 1. The van der Waals surface area contributed by atoms with Gasteiger partial charge in [-0.1, -0.05) is 11.6 Å². The fourth-order valence-electron chi connectivity index (χ4n) is 1.22. The number of nitrogens with one attached hydrogen (secondary N) is 1. The van der Waals surface area contributed by atoms with Gasteiger partial charge in [-0.15, -0.1) is 0 Å². The van der Waals surface area contributed by atoms with Gasteiger partial charge in [0, 0.05) is 17.1 Å². The fourth-order valence-corrected chi connectivity index (χ4v) is 1.37. The van der Waals surface area contributed by atoms with Crippen molar-refractivity contribution < 1.29 is 4.39 Å². The summed E-state index contributed by atoms with van der Waals surface area (Å²) in [6.45, 7) is 1.64. The molecule has 0 unspecified atom stereocenters. The molecule has 5 heteroatoms. The summed E-state index contributed by atoms with van der Waals surface area (Å²) in [5.74, 6) is -0.693. The molecule has 2 heterocycles. The quantitative estimate of drug-likeness (QED) is 0.679. The van der Waals surface area contributed by atoms with Crippen molar-refractivity contribution in [3.63, 3.8) is 0 Å². The maximum absolute atomic E-state index is 13.3. The minimum absolute atomic E-state index is 0.0978. The molecule has 2 rings (SSSR count). The molecule has 0 aliphatic rings. The first-order chi connectivity index (χ1) is 6.59. The number of rotatable bonds is 0. The lowest BCUT2D eigenvalue weighted by Gasteiger charge is -2.00. The van der Waals surface area contributed by atoms with Crippen molar-refractivity contribution in [1.29, 1.82) is 0 Å². The van der Waals surface area contributed by atoms with E-state index < -0.39 is 5.82 Å². The minimum Gasteiger partial charge on any atom is -0.319 e. The molecule has 0 atom stereocenters. The molecule has 1 N–H and O–H groups in total. The first-order valence-electron chi connectivity index (χ1n) is 3.93. The monoisotopic (exact) mass is 212 g/mol. The molecule has 0 saturated carbocycles. The van der Waals surface area contributed by atoms with Crippen LogP contribution >= 0.6 is 11.6 Å². The number of aromatic nitrogens is 2. The normalized spacial score (nSPS) is 10.8. The highest BCUT2D eigenvalue weighted by atomic mass is 35.5. The number of fused-ring (bicyclic) bond motifs is 1. The van der Waals surface area contributed by atoms with Gasteiger partial charge in [0.2, 0.25) is 0 Å². The van der Waals surface area contributed by atoms with Crippen LogP contribution in [0.4, 0.5) is 4.39 Å². The van der Waals surface area contributed by atoms with Crippen molar-refractivity contribution in [2.45, 2.75) is 6.92 Å². The molecular weight excluding hydrogens is 207 g/mol. The summed E-state index contributed by atoms with van der Waals surface area (Å²) in [4.78, 5) is 17.3. The molecule has 0 saturated heterocycles. The van der Waals surface area contributed by atoms with E-state index in [0.29, 0.717) is 10.9 Å². The molecular formula is C9H6ClFN2O. The van der Waals surface area contributed by atoms with Crippen LogP contribution in [0.15, 0.2) is 17.1 Å². The first-order valence-corrected chi connectivity index (χ1v) is 4.31. The van der Waals surface area contributed by atoms with Crippen LogP contribution < -0.4 is 5.56 Å². The Kier molecular flexibility index (Phi) is 2.00. The molecule has 0 bridgehead atoms. The van der Waals surface area contributed by atoms with Gasteiger partial charge in [-0.05, 0) is 13.0 Å². The maximum atomic E-state index is 13.3. The average molecular weight is 213 g/mol. The Morgan fingerprint density at radius 3 is 3.00 bits per heavy atom. The molecule has 3 nitrogen and oxygen atoms in total. The smallest absolute Gasteiger partial charge is 0.251 e. The van der Waals surface area contributed by atoms with E-state index >= 15 is 0 Å². The Balaban J connectivity index is 2.97. The molecule has 72 valence electrons. The topological polar surface area (TPSA) is 45.8 Å². The fraction of sp³-hybridized carbons (Fsp3) is 0.111. The van der Waals surface area contributed by atoms with Crippen LogP contribution in [-0.4, -0.2) is 9.97 Å². The third kappa shape index (κ3) is 1.28. The number of aromatic amines is 1. The molecule has 2 aromatic heterocycles. The second-order valence-corrected chi connectivity index (χ2v) is 3.33. The molecule has 0 spiro atoms. The van der Waals surface area contributed by atoms with E-state index in [4.69, 9.17) is 11.6 Å². The number of nitrogens with zero attached hydrogens (tertiary/aromatic N) is 1. The lowest BCUT2D eigenvalue weighted by Crippen LogP contribution is -2.09. The van der Waals surface area contributed by atoms with E-state index in [9.17, 15) is 9.18 Å². The second-order valence-electron chi connectivity index (χ2n) is 2.97. The third-order valence-electron chi connectivity index (χ3n) is 1.97. The summed E-state index contributed by atoms with van der Waals surface area (Å²) in [5.41, 5.74) is 0.292. The Bertz CT molecular complexity index is 564. The Labute approximate surface area is 83.5 Å². The van der Waals surface area contributed by atoms with Crippen molar-refractivity contribution in [2.75, 3.05) is 0 Å². The van der Waals surface area contributed by atoms with Crippen LogP contribution in [0.2, 0.25) is 5.15 Å². The zero-order valence-corrected chi connectivity index (χ0v) is 8.02. The zero-order chi connectivity index (χ0) is 10.3. The van der Waals surface area contributed by atoms with E-state index in [1.165, 1.54) is 6.20 Å². The predicted octanol–water partition coefficient (Wildman–Crippen LogP) is 2.02. The summed E-state index contributed by atoms with van der Waals surface area (Å²) in [7, 11) is 0. The van der Waals surface area contributed by atoms with Gasteiger partial charge in [-0.25, -0.2) is 9.37 Å². The Morgan fingerprint density at radius 2 is 2.29 bits per heavy atom. The highest BCUT2D eigenvalue weighted by Gasteiger charge is 2.08. The van der Waals surface area contributed by atoms with E-state index in [1.807, 2.05) is 0 Å². The van der Waals surface area contributed by atoms with E-state index in [2.05, 4.69) is 9.97 Å². The first kappa shape index (κ1) is 9.15. The van der Waals surface area contributed by atoms with Gasteiger partial charge in [0.1, 0.15) is 0 Å². The summed E-state index contributed by atoms with van der Waals surface area (Å²) < 4.78 is 13.3. The van der Waals surface area contributed by atoms with Crippen molar-refractivity contribution in [3.8, 4) is 0 Å². The van der Waals surface area contributed by atoms with Crippen LogP contribution in [0.25, 0.3) is 10.9 Å². The maximum Gasteiger partial charge on any atom is 0.251 e. The zero-order valence-electron chi connectivity index (χ0n) is 7.27. The average Bonchev–Trinajstić information content (AvgIpc) is 2.15. The molecule has 0 aromatic carbocycles. The summed E-state index contributed by atoms with van der Waals surface area (Å²) in [5, 5.41) is 0.293. The summed E-state index contributed by atoms with van der Waals surface area (Å²) in [6, 6.07) is 1.57. The van der Waals surface area contributed by atoms with Gasteiger partial charge in [0.15, 0.2) is 11.0 Å². The molecule has 0 fully saturated rings. The lowest BCUT2D eigenvalue weighted by molar-refractivity contribution is 0.631. The molecule has 0 amide bonds. The molecule has 0 aliphatic heterocycles.